The third kappa shape index (κ3) is 4.91. The summed E-state index contributed by atoms with van der Waals surface area (Å²) in [6.45, 7) is 5.18. The van der Waals surface area contributed by atoms with Gasteiger partial charge in [0.15, 0.2) is 0 Å². The van der Waals surface area contributed by atoms with E-state index >= 15 is 0 Å². The average molecular weight is 327 g/mol. The number of rotatable bonds is 7. The van der Waals surface area contributed by atoms with Gasteiger partial charge in [0.25, 0.3) is 0 Å². The number of carbonyl (C=O) groups excluding carboxylic acids is 2. The Labute approximate surface area is 136 Å². The van der Waals surface area contributed by atoms with Gasteiger partial charge in [-0.1, -0.05) is 11.6 Å². The molecule has 0 bridgehead atoms. The zero-order valence-corrected chi connectivity index (χ0v) is 14.3. The number of carbonyl (C=O) groups is 2. The van der Waals surface area contributed by atoms with Crippen LogP contribution in [0.15, 0.2) is 18.2 Å². The molecule has 0 N–H and O–H groups in total. The lowest BCUT2D eigenvalue weighted by Crippen LogP contribution is -2.41. The van der Waals surface area contributed by atoms with Gasteiger partial charge in [-0.3, -0.25) is 9.59 Å². The molecule has 0 aliphatic carbocycles. The molecule has 1 rings (SSSR count). The van der Waals surface area contributed by atoms with Crippen molar-refractivity contribution in [1.29, 1.82) is 0 Å². The summed E-state index contributed by atoms with van der Waals surface area (Å²) < 4.78 is 5.23. The molecule has 0 saturated carbocycles. The molecule has 22 heavy (non-hydrogen) atoms. The Bertz CT molecular complexity index is 530. The number of nitrogens with zero attached hydrogens (tertiary/aromatic N) is 2. The van der Waals surface area contributed by atoms with Crippen LogP contribution in [-0.2, 0) is 16.0 Å². The lowest BCUT2D eigenvalue weighted by Gasteiger charge is -2.23. The smallest absolute Gasteiger partial charge is 0.242 e. The van der Waals surface area contributed by atoms with Crippen molar-refractivity contribution in [2.45, 2.75) is 20.3 Å². The van der Waals surface area contributed by atoms with E-state index in [2.05, 4.69) is 0 Å². The average Bonchev–Trinajstić information content (AvgIpc) is 2.48. The zero-order valence-electron chi connectivity index (χ0n) is 13.6. The van der Waals surface area contributed by atoms with E-state index in [9.17, 15) is 9.59 Å². The van der Waals surface area contributed by atoms with Crippen molar-refractivity contribution >= 4 is 23.4 Å². The monoisotopic (exact) mass is 326 g/mol. The molecule has 1 aromatic carbocycles. The Morgan fingerprint density at radius 3 is 2.36 bits per heavy atom. The van der Waals surface area contributed by atoms with Crippen molar-refractivity contribution in [3.8, 4) is 5.75 Å². The Balaban J connectivity index is 2.72. The van der Waals surface area contributed by atoms with E-state index in [0.717, 1.165) is 0 Å². The molecule has 0 atom stereocenters. The van der Waals surface area contributed by atoms with Crippen LogP contribution in [0.5, 0.6) is 5.75 Å². The topological polar surface area (TPSA) is 49.9 Å². The molecular formula is C16H23ClN2O3. The maximum absolute atomic E-state index is 12.3. The van der Waals surface area contributed by atoms with Crippen LogP contribution in [0, 0.1) is 0 Å². The molecule has 0 fully saturated rings. The van der Waals surface area contributed by atoms with Crippen LogP contribution in [0.3, 0.4) is 0 Å². The van der Waals surface area contributed by atoms with Crippen LogP contribution in [0.4, 0.5) is 0 Å². The second-order valence-corrected chi connectivity index (χ2v) is 5.39. The molecule has 0 saturated heterocycles. The van der Waals surface area contributed by atoms with E-state index in [0.29, 0.717) is 29.4 Å². The van der Waals surface area contributed by atoms with Crippen LogP contribution < -0.4 is 4.74 Å². The summed E-state index contributed by atoms with van der Waals surface area (Å²) in [6.07, 6.45) is 0.145. The predicted molar refractivity (Wildman–Crippen MR) is 87.3 cm³/mol. The number of hydrogen-bond acceptors (Lipinski definition) is 3. The van der Waals surface area contributed by atoms with Gasteiger partial charge in [-0.15, -0.1) is 0 Å². The van der Waals surface area contributed by atoms with Gasteiger partial charge in [0.05, 0.1) is 20.1 Å². The molecule has 2 amide bonds. The quantitative estimate of drug-likeness (QED) is 0.772. The molecule has 0 unspecified atom stereocenters. The maximum atomic E-state index is 12.3. The summed E-state index contributed by atoms with van der Waals surface area (Å²) in [5, 5.41) is 0.547. The Morgan fingerprint density at radius 1 is 1.18 bits per heavy atom. The first-order valence-electron chi connectivity index (χ1n) is 7.27. The van der Waals surface area contributed by atoms with Gasteiger partial charge in [-0.25, -0.2) is 0 Å². The minimum Gasteiger partial charge on any atom is -0.496 e. The van der Waals surface area contributed by atoms with Gasteiger partial charge in [-0.2, -0.15) is 0 Å². The van der Waals surface area contributed by atoms with Crippen LogP contribution >= 0.6 is 11.6 Å². The van der Waals surface area contributed by atoms with Gasteiger partial charge in [-0.05, 0) is 32.0 Å². The normalized spacial score (nSPS) is 10.2. The number of hydrogen-bond donors (Lipinski definition) is 0. The van der Waals surface area contributed by atoms with E-state index in [-0.39, 0.29) is 24.8 Å². The molecule has 6 heteroatoms. The minimum absolute atomic E-state index is 0.0566. The van der Waals surface area contributed by atoms with E-state index in [1.54, 1.807) is 37.3 Å². The largest absolute Gasteiger partial charge is 0.496 e. The fraction of sp³-hybridized carbons (Fsp3) is 0.500. The Hall–Kier alpha value is -1.75. The van der Waals surface area contributed by atoms with E-state index < -0.39 is 0 Å². The van der Waals surface area contributed by atoms with Crippen LogP contribution in [0.2, 0.25) is 5.02 Å². The second kappa shape index (κ2) is 8.63. The van der Waals surface area contributed by atoms with Gasteiger partial charge < -0.3 is 14.5 Å². The molecular weight excluding hydrogens is 304 g/mol. The van der Waals surface area contributed by atoms with Crippen molar-refractivity contribution in [2.24, 2.45) is 0 Å². The van der Waals surface area contributed by atoms with Crippen LogP contribution in [-0.4, -0.2) is 55.4 Å². The highest BCUT2D eigenvalue weighted by Gasteiger charge is 2.18. The Kier molecular flexibility index (Phi) is 7.18. The standard InChI is InChI=1S/C16H23ClN2O3/c1-5-19(6-2)16(21)11-18(3)15(20)10-12-9-13(17)7-8-14(12)22-4/h7-9H,5-6,10-11H2,1-4H3. The second-order valence-electron chi connectivity index (χ2n) is 4.95. The molecule has 0 aromatic heterocycles. The van der Waals surface area contributed by atoms with Crippen LogP contribution in [0.1, 0.15) is 19.4 Å². The molecule has 5 nitrogen and oxygen atoms in total. The summed E-state index contributed by atoms with van der Waals surface area (Å²) >= 11 is 5.96. The van der Waals surface area contributed by atoms with E-state index in [4.69, 9.17) is 16.3 Å². The highest BCUT2D eigenvalue weighted by molar-refractivity contribution is 6.30. The third-order valence-corrected chi connectivity index (χ3v) is 3.73. The van der Waals surface area contributed by atoms with Crippen LogP contribution in [0.25, 0.3) is 0 Å². The van der Waals surface area contributed by atoms with Gasteiger partial charge in [0, 0.05) is 30.7 Å². The summed E-state index contributed by atoms with van der Waals surface area (Å²) in [6, 6.07) is 5.15. The summed E-state index contributed by atoms with van der Waals surface area (Å²) in [4.78, 5) is 27.4. The maximum Gasteiger partial charge on any atom is 0.242 e. The molecule has 1 aromatic rings. The lowest BCUT2D eigenvalue weighted by molar-refractivity contribution is -0.138. The van der Waals surface area contributed by atoms with E-state index in [1.807, 2.05) is 13.8 Å². The first-order valence-corrected chi connectivity index (χ1v) is 7.64. The molecule has 0 heterocycles. The number of benzene rings is 1. The molecule has 0 radical (unpaired) electrons. The first kappa shape index (κ1) is 18.3. The van der Waals surface area contributed by atoms with Crippen molar-refractivity contribution in [2.75, 3.05) is 33.8 Å². The summed E-state index contributed by atoms with van der Waals surface area (Å²) in [5.74, 6) is 0.404. The minimum atomic E-state index is -0.152. The van der Waals surface area contributed by atoms with Crippen molar-refractivity contribution in [3.05, 3.63) is 28.8 Å². The highest BCUT2D eigenvalue weighted by Crippen LogP contribution is 2.23. The van der Waals surface area contributed by atoms with Gasteiger partial charge >= 0.3 is 0 Å². The molecule has 122 valence electrons. The summed E-state index contributed by atoms with van der Waals surface area (Å²) in [5.41, 5.74) is 0.710. The van der Waals surface area contributed by atoms with Crippen molar-refractivity contribution < 1.29 is 14.3 Å². The summed E-state index contributed by atoms with van der Waals surface area (Å²) in [7, 11) is 3.17. The number of ether oxygens (including phenoxy) is 1. The molecule has 0 aliphatic rings. The Morgan fingerprint density at radius 2 is 1.82 bits per heavy atom. The number of methoxy groups -OCH3 is 1. The lowest BCUT2D eigenvalue weighted by atomic mass is 10.1. The number of likely N-dealkylation sites (N-methyl/N-ethyl adjacent to an activating group) is 2. The number of halogens is 1. The molecule has 0 spiro atoms. The fourth-order valence-electron chi connectivity index (χ4n) is 2.15. The van der Waals surface area contributed by atoms with E-state index in [1.165, 1.54) is 4.90 Å². The van der Waals surface area contributed by atoms with Gasteiger partial charge in [0.2, 0.25) is 11.8 Å². The van der Waals surface area contributed by atoms with Crippen molar-refractivity contribution in [1.82, 2.24) is 9.80 Å². The fourth-order valence-corrected chi connectivity index (χ4v) is 2.35. The van der Waals surface area contributed by atoms with Crippen molar-refractivity contribution in [3.63, 3.8) is 0 Å². The van der Waals surface area contributed by atoms with Gasteiger partial charge in [0.1, 0.15) is 5.75 Å². The third-order valence-electron chi connectivity index (χ3n) is 3.50. The predicted octanol–water partition coefficient (Wildman–Crippen LogP) is 2.22. The molecule has 0 aliphatic heterocycles. The number of amides is 2. The zero-order chi connectivity index (χ0) is 16.7. The highest BCUT2D eigenvalue weighted by atomic mass is 35.5. The SMILES string of the molecule is CCN(CC)C(=O)CN(C)C(=O)Cc1cc(Cl)ccc1OC. The first-order chi connectivity index (χ1) is 10.4.